The van der Waals surface area contributed by atoms with E-state index in [1.54, 1.807) is 18.4 Å². The van der Waals surface area contributed by atoms with Crippen LogP contribution in [0.4, 0.5) is 0 Å². The van der Waals surface area contributed by atoms with Gasteiger partial charge in [0.25, 0.3) is 0 Å². The normalized spacial score (nSPS) is 17.7. The minimum atomic E-state index is -0.804. The molecule has 0 bridgehead atoms. The molecule has 120 valence electrons. The van der Waals surface area contributed by atoms with Crippen LogP contribution in [0.2, 0.25) is 0 Å². The Kier molecular flexibility index (Phi) is 3.75. The van der Waals surface area contributed by atoms with Gasteiger partial charge >= 0.3 is 160 Å². The summed E-state index contributed by atoms with van der Waals surface area (Å²) in [6, 6.07) is 19.8. The van der Waals surface area contributed by atoms with Crippen LogP contribution in [0.3, 0.4) is 0 Å². The van der Waals surface area contributed by atoms with Gasteiger partial charge in [0.2, 0.25) is 0 Å². The van der Waals surface area contributed by atoms with Gasteiger partial charge in [-0.1, -0.05) is 0 Å². The summed E-state index contributed by atoms with van der Waals surface area (Å²) in [5, 5.41) is 0. The molecule has 2 aliphatic carbocycles. The Morgan fingerprint density at radius 2 is 1.84 bits per heavy atom. The molecule has 5 rings (SSSR count). The topological polar surface area (TPSA) is 13.1 Å². The van der Waals surface area contributed by atoms with Gasteiger partial charge in [0.1, 0.15) is 0 Å². The molecule has 0 amide bonds. The molecule has 2 aliphatic rings. The molecule has 25 heavy (non-hydrogen) atoms. The molecule has 1 aromatic heterocycles. The maximum atomic E-state index is 5.59. The van der Waals surface area contributed by atoms with Crippen LogP contribution < -0.4 is 3.27 Å². The standard InChI is InChI=1S/C13H9.C10H9O.Zr/c1-3-7-12-10(5-1)9-11-6-2-4-8-13(11)12;1-8-4-5-9(7-8)10-3-2-6-11-10;/h1-5,7-8H,9H2;2-3,5-8H,1H3;. The van der Waals surface area contributed by atoms with Crippen LogP contribution in [-0.4, -0.2) is 0 Å². The van der Waals surface area contributed by atoms with Gasteiger partial charge < -0.3 is 0 Å². The molecule has 0 saturated heterocycles. The number of rotatable bonds is 3. The molecule has 1 heterocycles. The second-order valence-electron chi connectivity index (χ2n) is 6.78. The van der Waals surface area contributed by atoms with Crippen LogP contribution in [0.25, 0.3) is 16.7 Å². The Bertz CT molecular complexity index is 1010. The van der Waals surface area contributed by atoms with E-state index in [0.29, 0.717) is 5.92 Å². The van der Waals surface area contributed by atoms with Gasteiger partial charge in [-0.3, -0.25) is 0 Å². The summed E-state index contributed by atoms with van der Waals surface area (Å²) in [5.41, 5.74) is 7.20. The molecule has 1 atom stereocenters. The van der Waals surface area contributed by atoms with Gasteiger partial charge in [-0.15, -0.1) is 0 Å². The van der Waals surface area contributed by atoms with Gasteiger partial charge in [0.05, 0.1) is 0 Å². The van der Waals surface area contributed by atoms with E-state index in [-0.39, 0.29) is 0 Å². The second-order valence-corrected chi connectivity index (χ2v) is 10.1. The molecule has 3 aromatic rings. The monoisotopic (exact) mass is 400 g/mol. The van der Waals surface area contributed by atoms with Crippen molar-refractivity contribution >= 4 is 8.84 Å². The Balaban J connectivity index is 1.48. The number of hydrogen-bond donors (Lipinski definition) is 0. The third kappa shape index (κ3) is 2.64. The summed E-state index contributed by atoms with van der Waals surface area (Å²) >= 11 is -0.804. The zero-order chi connectivity index (χ0) is 16.8. The fraction of sp³-hybridized carbons (Fsp3) is 0.130. The Hall–Kier alpha value is -1.92. The summed E-state index contributed by atoms with van der Waals surface area (Å²) in [6.45, 7) is 2.32. The molecule has 0 fully saturated rings. The second kappa shape index (κ2) is 6.11. The van der Waals surface area contributed by atoms with E-state index < -0.39 is 23.2 Å². The maximum absolute atomic E-state index is 5.59. The Morgan fingerprint density at radius 3 is 2.72 bits per heavy atom. The molecule has 2 heteroatoms. The Morgan fingerprint density at radius 1 is 0.960 bits per heavy atom. The zero-order valence-corrected chi connectivity index (χ0v) is 16.6. The molecule has 0 aliphatic heterocycles. The van der Waals surface area contributed by atoms with Crippen molar-refractivity contribution in [1.82, 2.24) is 0 Å². The molecule has 1 nitrogen and oxygen atoms in total. The molecule has 0 saturated carbocycles. The van der Waals surface area contributed by atoms with Gasteiger partial charge in [-0.25, -0.2) is 0 Å². The predicted octanol–water partition coefficient (Wildman–Crippen LogP) is 5.18. The van der Waals surface area contributed by atoms with Crippen LogP contribution in [-0.2, 0) is 29.7 Å². The number of benzene rings is 2. The van der Waals surface area contributed by atoms with Crippen molar-refractivity contribution in [1.29, 1.82) is 0 Å². The molecular formula is C23H18OZr. The van der Waals surface area contributed by atoms with Crippen molar-refractivity contribution in [2.75, 3.05) is 0 Å². The zero-order valence-electron chi connectivity index (χ0n) is 14.1. The van der Waals surface area contributed by atoms with E-state index >= 15 is 0 Å². The molecule has 0 spiro atoms. The third-order valence-corrected chi connectivity index (χ3v) is 9.16. The van der Waals surface area contributed by atoms with Gasteiger partial charge in [-0.2, -0.15) is 0 Å². The predicted molar refractivity (Wildman–Crippen MR) is 98.3 cm³/mol. The van der Waals surface area contributed by atoms with Gasteiger partial charge in [-0.05, 0) is 0 Å². The van der Waals surface area contributed by atoms with E-state index in [1.807, 2.05) is 6.07 Å². The fourth-order valence-electron chi connectivity index (χ4n) is 3.88. The van der Waals surface area contributed by atoms with Crippen LogP contribution in [0.15, 0.2) is 80.7 Å². The molecular weight excluding hydrogens is 383 g/mol. The minimum absolute atomic E-state index is 0.534. The van der Waals surface area contributed by atoms with E-state index in [4.69, 9.17) is 4.42 Å². The van der Waals surface area contributed by atoms with Crippen LogP contribution in [0, 0.1) is 5.92 Å². The van der Waals surface area contributed by atoms with E-state index in [9.17, 15) is 0 Å². The average Bonchev–Trinajstić information content (AvgIpc) is 3.34. The molecule has 2 aromatic carbocycles. The van der Waals surface area contributed by atoms with Crippen molar-refractivity contribution < 1.29 is 27.7 Å². The summed E-state index contributed by atoms with van der Waals surface area (Å²) in [6.07, 6.45) is 7.60. The summed E-state index contributed by atoms with van der Waals surface area (Å²) in [7, 11) is 0. The Labute approximate surface area is 159 Å². The van der Waals surface area contributed by atoms with Crippen molar-refractivity contribution in [3.63, 3.8) is 0 Å². The van der Waals surface area contributed by atoms with Gasteiger partial charge in [0, 0.05) is 0 Å². The molecule has 0 N–H and O–H groups in total. The first kappa shape index (κ1) is 15.3. The third-order valence-electron chi connectivity index (χ3n) is 5.17. The first-order valence-corrected chi connectivity index (χ1v) is 11.2. The van der Waals surface area contributed by atoms with Crippen molar-refractivity contribution in [3.8, 4) is 11.1 Å². The van der Waals surface area contributed by atoms with E-state index in [0.717, 1.165) is 12.2 Å². The SMILES string of the molecule is CC1C=C(c2ccco2)C=[C]1[Zr][c]1cccc2c1Cc1ccccc1-2. The van der Waals surface area contributed by atoms with E-state index in [1.165, 1.54) is 22.3 Å². The van der Waals surface area contributed by atoms with Crippen LogP contribution in [0.5, 0.6) is 0 Å². The van der Waals surface area contributed by atoms with Crippen molar-refractivity contribution in [2.45, 2.75) is 13.3 Å². The fourth-order valence-corrected chi connectivity index (χ4v) is 7.33. The average molecular weight is 402 g/mol. The van der Waals surface area contributed by atoms with Crippen LogP contribution in [0.1, 0.15) is 23.8 Å². The first-order valence-electron chi connectivity index (χ1n) is 8.74. The summed E-state index contributed by atoms with van der Waals surface area (Å²) in [5.74, 6) is 1.53. The molecule has 1 unspecified atom stereocenters. The van der Waals surface area contributed by atoms with E-state index in [2.05, 4.69) is 67.6 Å². The summed E-state index contributed by atoms with van der Waals surface area (Å²) in [4.78, 5) is 0. The first-order chi connectivity index (χ1) is 12.3. The van der Waals surface area contributed by atoms with Crippen molar-refractivity contribution in [2.24, 2.45) is 5.92 Å². The number of fused-ring (bicyclic) bond motifs is 3. The quantitative estimate of drug-likeness (QED) is 0.461. The number of furan rings is 1. The number of allylic oxidation sites excluding steroid dienone is 4. The molecule has 0 radical (unpaired) electrons. The number of hydrogen-bond acceptors (Lipinski definition) is 1. The summed E-state index contributed by atoms with van der Waals surface area (Å²) < 4.78 is 8.85. The van der Waals surface area contributed by atoms with Gasteiger partial charge in [0.15, 0.2) is 0 Å². The van der Waals surface area contributed by atoms with Crippen LogP contribution >= 0.6 is 0 Å². The van der Waals surface area contributed by atoms with Crippen molar-refractivity contribution in [3.05, 3.63) is 93.2 Å².